The number of fused-ring (bicyclic) bond motifs is 1. The van der Waals surface area contributed by atoms with Crippen molar-refractivity contribution in [3.8, 4) is 11.5 Å². The normalized spacial score (nSPS) is 10.7. The average molecular weight is 266 g/mol. The van der Waals surface area contributed by atoms with Gasteiger partial charge in [-0.1, -0.05) is 24.9 Å². The van der Waals surface area contributed by atoms with Crippen molar-refractivity contribution in [3.63, 3.8) is 0 Å². The molecule has 96 valence electrons. The van der Waals surface area contributed by atoms with E-state index in [0.29, 0.717) is 16.5 Å². The number of hydrogen-bond acceptors (Lipinski definition) is 3. The highest BCUT2D eigenvalue weighted by Crippen LogP contribution is 2.34. The number of aromatic nitrogens is 1. The van der Waals surface area contributed by atoms with Crippen molar-refractivity contribution in [1.29, 1.82) is 0 Å². The Balaban J connectivity index is 2.70. The zero-order valence-electron chi connectivity index (χ0n) is 10.8. The van der Waals surface area contributed by atoms with Crippen LogP contribution >= 0.6 is 11.6 Å². The number of nitrogens with zero attached hydrogens (tertiary/aromatic N) is 1. The van der Waals surface area contributed by atoms with E-state index in [9.17, 15) is 0 Å². The second kappa shape index (κ2) is 5.44. The van der Waals surface area contributed by atoms with Gasteiger partial charge in [0.2, 0.25) is 0 Å². The van der Waals surface area contributed by atoms with Crippen LogP contribution in [0, 0.1) is 0 Å². The van der Waals surface area contributed by atoms with Crippen molar-refractivity contribution in [2.45, 2.75) is 19.8 Å². The van der Waals surface area contributed by atoms with E-state index in [4.69, 9.17) is 21.1 Å². The van der Waals surface area contributed by atoms with E-state index < -0.39 is 0 Å². The van der Waals surface area contributed by atoms with E-state index in [0.717, 1.165) is 29.4 Å². The highest BCUT2D eigenvalue weighted by atomic mass is 35.5. The number of ether oxygens (including phenoxy) is 2. The first-order valence-corrected chi connectivity index (χ1v) is 6.28. The van der Waals surface area contributed by atoms with Crippen molar-refractivity contribution in [3.05, 3.63) is 28.9 Å². The number of hydrogen-bond donors (Lipinski definition) is 0. The lowest BCUT2D eigenvalue weighted by Gasteiger charge is -2.10. The quantitative estimate of drug-likeness (QED) is 0.841. The number of rotatable bonds is 4. The van der Waals surface area contributed by atoms with Crippen LogP contribution in [0.2, 0.25) is 5.02 Å². The Morgan fingerprint density at radius 3 is 2.56 bits per heavy atom. The van der Waals surface area contributed by atoms with E-state index >= 15 is 0 Å². The van der Waals surface area contributed by atoms with Crippen LogP contribution in [-0.2, 0) is 6.42 Å². The SMILES string of the molecule is CCCc1cc(Cl)c2cc(OC)cc(OC)c2n1. The highest BCUT2D eigenvalue weighted by Gasteiger charge is 2.11. The molecule has 0 unspecified atom stereocenters. The summed E-state index contributed by atoms with van der Waals surface area (Å²) in [7, 11) is 3.24. The van der Waals surface area contributed by atoms with E-state index in [-0.39, 0.29) is 0 Å². The molecule has 2 aromatic rings. The number of pyridine rings is 1. The number of benzene rings is 1. The fraction of sp³-hybridized carbons (Fsp3) is 0.357. The van der Waals surface area contributed by atoms with Crippen LogP contribution < -0.4 is 9.47 Å². The van der Waals surface area contributed by atoms with E-state index in [2.05, 4.69) is 11.9 Å². The minimum atomic E-state index is 0.681. The molecular formula is C14H16ClNO2. The monoisotopic (exact) mass is 265 g/mol. The number of halogens is 1. The molecule has 2 rings (SSSR count). The van der Waals surface area contributed by atoms with Crippen molar-refractivity contribution in [2.24, 2.45) is 0 Å². The second-order valence-corrected chi connectivity index (χ2v) is 4.48. The van der Waals surface area contributed by atoms with Gasteiger partial charge in [0, 0.05) is 17.1 Å². The van der Waals surface area contributed by atoms with Gasteiger partial charge in [-0.15, -0.1) is 0 Å². The Kier molecular flexibility index (Phi) is 3.92. The summed E-state index contributed by atoms with van der Waals surface area (Å²) < 4.78 is 10.6. The van der Waals surface area contributed by atoms with Gasteiger partial charge >= 0.3 is 0 Å². The molecule has 0 spiro atoms. The summed E-state index contributed by atoms with van der Waals surface area (Å²) in [6.07, 6.45) is 1.94. The lowest BCUT2D eigenvalue weighted by molar-refractivity contribution is 0.397. The predicted octanol–water partition coefficient (Wildman–Crippen LogP) is 3.86. The molecule has 1 aromatic heterocycles. The van der Waals surface area contributed by atoms with Crippen LogP contribution in [0.4, 0.5) is 0 Å². The van der Waals surface area contributed by atoms with Gasteiger partial charge in [0.25, 0.3) is 0 Å². The molecule has 0 atom stereocenters. The van der Waals surface area contributed by atoms with Crippen LogP contribution in [0.25, 0.3) is 10.9 Å². The molecule has 0 aliphatic carbocycles. The molecule has 0 saturated heterocycles. The van der Waals surface area contributed by atoms with Gasteiger partial charge in [-0.2, -0.15) is 0 Å². The summed E-state index contributed by atoms with van der Waals surface area (Å²) in [5.41, 5.74) is 1.77. The molecular weight excluding hydrogens is 250 g/mol. The molecule has 4 heteroatoms. The third kappa shape index (κ3) is 2.36. The first-order valence-electron chi connectivity index (χ1n) is 5.90. The lowest BCUT2D eigenvalue weighted by Crippen LogP contribution is -1.95. The Bertz CT molecular complexity index is 569. The average Bonchev–Trinajstić information content (AvgIpc) is 2.38. The molecule has 0 N–H and O–H groups in total. The molecule has 0 aliphatic heterocycles. The number of aryl methyl sites for hydroxylation is 1. The standard InChI is InChI=1S/C14H16ClNO2/c1-4-5-9-6-12(15)11-7-10(17-2)8-13(18-3)14(11)16-9/h6-8H,4-5H2,1-3H3. The first-order chi connectivity index (χ1) is 8.69. The predicted molar refractivity (Wildman–Crippen MR) is 73.9 cm³/mol. The van der Waals surface area contributed by atoms with Gasteiger partial charge in [0.05, 0.1) is 19.2 Å². The minimum absolute atomic E-state index is 0.681. The summed E-state index contributed by atoms with van der Waals surface area (Å²) in [5, 5.41) is 1.54. The molecule has 0 bridgehead atoms. The van der Waals surface area contributed by atoms with Crippen molar-refractivity contribution >= 4 is 22.5 Å². The molecule has 0 saturated carbocycles. The molecule has 1 heterocycles. The second-order valence-electron chi connectivity index (χ2n) is 4.07. The Morgan fingerprint density at radius 1 is 1.17 bits per heavy atom. The molecule has 1 aromatic carbocycles. The summed E-state index contributed by atoms with van der Waals surface area (Å²) in [6, 6.07) is 5.61. The smallest absolute Gasteiger partial charge is 0.148 e. The van der Waals surface area contributed by atoms with Gasteiger partial charge in [-0.25, -0.2) is 4.98 Å². The maximum absolute atomic E-state index is 6.30. The van der Waals surface area contributed by atoms with E-state index in [1.165, 1.54) is 0 Å². The third-order valence-electron chi connectivity index (χ3n) is 2.82. The van der Waals surface area contributed by atoms with Crippen LogP contribution in [0.5, 0.6) is 11.5 Å². The van der Waals surface area contributed by atoms with E-state index in [1.54, 1.807) is 14.2 Å². The lowest BCUT2D eigenvalue weighted by atomic mass is 10.1. The van der Waals surface area contributed by atoms with Crippen LogP contribution in [0.15, 0.2) is 18.2 Å². The maximum Gasteiger partial charge on any atom is 0.148 e. The maximum atomic E-state index is 6.30. The molecule has 0 aliphatic rings. The fourth-order valence-corrected chi connectivity index (χ4v) is 2.21. The number of methoxy groups -OCH3 is 2. The topological polar surface area (TPSA) is 31.4 Å². The third-order valence-corrected chi connectivity index (χ3v) is 3.13. The Morgan fingerprint density at radius 2 is 1.94 bits per heavy atom. The summed E-state index contributed by atoms with van der Waals surface area (Å²) in [5.74, 6) is 1.40. The minimum Gasteiger partial charge on any atom is -0.497 e. The summed E-state index contributed by atoms with van der Waals surface area (Å²) in [4.78, 5) is 4.61. The van der Waals surface area contributed by atoms with Crippen LogP contribution in [-0.4, -0.2) is 19.2 Å². The highest BCUT2D eigenvalue weighted by molar-refractivity contribution is 6.35. The Labute approximate surface area is 112 Å². The van der Waals surface area contributed by atoms with Crippen LogP contribution in [0.3, 0.4) is 0 Å². The van der Waals surface area contributed by atoms with Crippen LogP contribution in [0.1, 0.15) is 19.0 Å². The van der Waals surface area contributed by atoms with Gasteiger partial charge in [-0.05, 0) is 18.6 Å². The summed E-state index contributed by atoms with van der Waals surface area (Å²) in [6.45, 7) is 2.12. The van der Waals surface area contributed by atoms with Gasteiger partial charge < -0.3 is 9.47 Å². The molecule has 3 nitrogen and oxygen atoms in total. The molecule has 0 amide bonds. The summed E-state index contributed by atoms with van der Waals surface area (Å²) >= 11 is 6.30. The zero-order valence-corrected chi connectivity index (χ0v) is 11.5. The zero-order chi connectivity index (χ0) is 13.1. The van der Waals surface area contributed by atoms with Gasteiger partial charge in [0.1, 0.15) is 17.0 Å². The largest absolute Gasteiger partial charge is 0.497 e. The van der Waals surface area contributed by atoms with E-state index in [1.807, 2.05) is 18.2 Å². The molecule has 0 fully saturated rings. The Hall–Kier alpha value is -1.48. The van der Waals surface area contributed by atoms with Crippen molar-refractivity contribution in [2.75, 3.05) is 14.2 Å². The van der Waals surface area contributed by atoms with Gasteiger partial charge in [0.15, 0.2) is 0 Å². The van der Waals surface area contributed by atoms with Crippen molar-refractivity contribution < 1.29 is 9.47 Å². The molecule has 18 heavy (non-hydrogen) atoms. The van der Waals surface area contributed by atoms with Gasteiger partial charge in [-0.3, -0.25) is 0 Å². The fourth-order valence-electron chi connectivity index (χ4n) is 1.94. The molecule has 0 radical (unpaired) electrons. The first kappa shape index (κ1) is 13.0. The van der Waals surface area contributed by atoms with Crippen molar-refractivity contribution in [1.82, 2.24) is 4.98 Å².